The van der Waals surface area contributed by atoms with Crippen LogP contribution in [0.4, 0.5) is 5.13 Å². The van der Waals surface area contributed by atoms with E-state index in [1.54, 1.807) is 30.3 Å². The van der Waals surface area contributed by atoms with Gasteiger partial charge in [0.05, 0.1) is 23.8 Å². The number of amides is 1. The van der Waals surface area contributed by atoms with Crippen molar-refractivity contribution in [3.05, 3.63) is 70.6 Å². The Morgan fingerprint density at radius 1 is 1.12 bits per heavy atom. The summed E-state index contributed by atoms with van der Waals surface area (Å²) in [4.78, 5) is 17.1. The normalized spacial score (nSPS) is 15.1. The highest BCUT2D eigenvalue weighted by atomic mass is 32.2. The summed E-state index contributed by atoms with van der Waals surface area (Å²) in [6.45, 7) is 5.58. The molecule has 1 amide bonds. The van der Waals surface area contributed by atoms with Crippen molar-refractivity contribution in [2.75, 3.05) is 31.6 Å². The molecule has 0 unspecified atom stereocenters. The SMILES string of the molecule is Cc1ccc(C)c(-c2csc(NC(=O)/C=C/c3ccc(S(=O)(=O)N4CCOCC4)cc3)n2)c1. The molecule has 9 heteroatoms. The van der Waals surface area contributed by atoms with Crippen molar-refractivity contribution >= 4 is 38.5 Å². The number of morpholine rings is 1. The standard InChI is InChI=1S/C24H25N3O4S2/c1-17-3-4-18(2)21(15-17)22-16-32-24(25-22)26-23(28)10-7-19-5-8-20(9-6-19)33(29,30)27-11-13-31-14-12-27/h3-10,15-16H,11-14H2,1-2H3,(H,25,26,28)/b10-7+. The lowest BCUT2D eigenvalue weighted by molar-refractivity contribution is -0.111. The van der Waals surface area contributed by atoms with Gasteiger partial charge in [-0.15, -0.1) is 11.3 Å². The highest BCUT2D eigenvalue weighted by molar-refractivity contribution is 7.89. The largest absolute Gasteiger partial charge is 0.379 e. The second-order valence-corrected chi connectivity index (χ2v) is 10.6. The lowest BCUT2D eigenvalue weighted by Gasteiger charge is -2.26. The molecule has 2 heterocycles. The summed E-state index contributed by atoms with van der Waals surface area (Å²) in [5.41, 5.74) is 4.89. The van der Waals surface area contributed by atoms with Gasteiger partial charge in [0.25, 0.3) is 0 Å². The highest BCUT2D eigenvalue weighted by Gasteiger charge is 2.25. The maximum Gasteiger partial charge on any atom is 0.250 e. The van der Waals surface area contributed by atoms with Crippen molar-refractivity contribution < 1.29 is 17.9 Å². The molecule has 1 N–H and O–H groups in total. The number of anilines is 1. The molecule has 2 aromatic carbocycles. The van der Waals surface area contributed by atoms with Crippen LogP contribution in [0.25, 0.3) is 17.3 Å². The van der Waals surface area contributed by atoms with Crippen LogP contribution < -0.4 is 5.32 Å². The van der Waals surface area contributed by atoms with E-state index < -0.39 is 10.0 Å². The van der Waals surface area contributed by atoms with Crippen molar-refractivity contribution in [3.8, 4) is 11.3 Å². The molecule has 0 atom stereocenters. The second-order valence-electron chi connectivity index (χ2n) is 7.76. The number of hydrogen-bond donors (Lipinski definition) is 1. The number of carbonyl (C=O) groups excluding carboxylic acids is 1. The van der Waals surface area contributed by atoms with Gasteiger partial charge in [-0.05, 0) is 49.2 Å². The van der Waals surface area contributed by atoms with Gasteiger partial charge in [0.1, 0.15) is 0 Å². The third-order valence-electron chi connectivity index (χ3n) is 5.32. The van der Waals surface area contributed by atoms with Gasteiger partial charge in [0.2, 0.25) is 15.9 Å². The Morgan fingerprint density at radius 3 is 2.58 bits per heavy atom. The van der Waals surface area contributed by atoms with Gasteiger partial charge in [-0.1, -0.05) is 29.8 Å². The fraction of sp³-hybridized carbons (Fsp3) is 0.250. The summed E-state index contributed by atoms with van der Waals surface area (Å²) in [7, 11) is -3.53. The van der Waals surface area contributed by atoms with Crippen LogP contribution in [0.15, 0.2) is 58.8 Å². The molecule has 0 bridgehead atoms. The van der Waals surface area contributed by atoms with Gasteiger partial charge in [-0.3, -0.25) is 10.1 Å². The Labute approximate surface area is 197 Å². The van der Waals surface area contributed by atoms with E-state index in [0.717, 1.165) is 27.9 Å². The predicted molar refractivity (Wildman–Crippen MR) is 131 cm³/mol. The molecule has 33 heavy (non-hydrogen) atoms. The number of rotatable bonds is 6. The third kappa shape index (κ3) is 5.56. The minimum atomic E-state index is -3.53. The number of aryl methyl sites for hydroxylation is 2. The molecule has 7 nitrogen and oxygen atoms in total. The first kappa shape index (κ1) is 23.3. The first-order chi connectivity index (χ1) is 15.8. The van der Waals surface area contributed by atoms with Crippen LogP contribution in [0.2, 0.25) is 0 Å². The number of sulfonamides is 1. The fourth-order valence-electron chi connectivity index (χ4n) is 3.47. The van der Waals surface area contributed by atoms with E-state index >= 15 is 0 Å². The van der Waals surface area contributed by atoms with E-state index in [1.807, 2.05) is 19.2 Å². The maximum atomic E-state index is 12.7. The molecule has 1 aromatic heterocycles. The monoisotopic (exact) mass is 483 g/mol. The summed E-state index contributed by atoms with van der Waals surface area (Å²) < 4.78 is 32.0. The van der Waals surface area contributed by atoms with Crippen LogP contribution in [0.3, 0.4) is 0 Å². The summed E-state index contributed by atoms with van der Waals surface area (Å²) >= 11 is 1.37. The summed E-state index contributed by atoms with van der Waals surface area (Å²) in [6.07, 6.45) is 3.05. The molecule has 172 valence electrons. The molecule has 3 aromatic rings. The molecule has 1 saturated heterocycles. The van der Waals surface area contributed by atoms with Gasteiger partial charge < -0.3 is 4.74 Å². The molecule has 1 fully saturated rings. The number of benzene rings is 2. The summed E-state index contributed by atoms with van der Waals surface area (Å²) in [5, 5.41) is 5.23. The number of thiazole rings is 1. The topological polar surface area (TPSA) is 88.6 Å². The van der Waals surface area contributed by atoms with Gasteiger partial charge >= 0.3 is 0 Å². The Balaban J connectivity index is 1.39. The van der Waals surface area contributed by atoms with E-state index in [9.17, 15) is 13.2 Å². The number of carbonyl (C=O) groups is 1. The summed E-state index contributed by atoms with van der Waals surface area (Å²) in [6, 6.07) is 12.7. The Morgan fingerprint density at radius 2 is 1.85 bits per heavy atom. The average molecular weight is 484 g/mol. The van der Waals surface area contributed by atoms with Crippen LogP contribution in [0, 0.1) is 13.8 Å². The quantitative estimate of drug-likeness (QED) is 0.534. The first-order valence-electron chi connectivity index (χ1n) is 10.5. The van der Waals surface area contributed by atoms with Crippen LogP contribution in [0.5, 0.6) is 0 Å². The Kier molecular flexibility index (Phi) is 7.04. The predicted octanol–water partition coefficient (Wildman–Crippen LogP) is 4.10. The van der Waals surface area contributed by atoms with E-state index in [4.69, 9.17) is 4.74 Å². The summed E-state index contributed by atoms with van der Waals surface area (Å²) in [5.74, 6) is -0.304. The molecule has 1 aliphatic heterocycles. The fourth-order valence-corrected chi connectivity index (χ4v) is 5.59. The minimum Gasteiger partial charge on any atom is -0.379 e. The minimum absolute atomic E-state index is 0.229. The molecule has 0 radical (unpaired) electrons. The van der Waals surface area contributed by atoms with Crippen molar-refractivity contribution in [1.29, 1.82) is 0 Å². The maximum absolute atomic E-state index is 12.7. The molecule has 0 saturated carbocycles. The van der Waals surface area contributed by atoms with E-state index in [-0.39, 0.29) is 10.8 Å². The highest BCUT2D eigenvalue weighted by Crippen LogP contribution is 2.28. The van der Waals surface area contributed by atoms with E-state index in [2.05, 4.69) is 28.5 Å². The lowest BCUT2D eigenvalue weighted by atomic mass is 10.0. The number of nitrogens with one attached hydrogen (secondary N) is 1. The molecule has 1 aliphatic rings. The zero-order chi connectivity index (χ0) is 23.4. The van der Waals surface area contributed by atoms with Crippen LogP contribution in [-0.4, -0.2) is 49.9 Å². The van der Waals surface area contributed by atoms with Crippen LogP contribution in [0.1, 0.15) is 16.7 Å². The zero-order valence-electron chi connectivity index (χ0n) is 18.4. The van der Waals surface area contributed by atoms with Crippen molar-refractivity contribution in [2.24, 2.45) is 0 Å². The third-order valence-corrected chi connectivity index (χ3v) is 7.99. The first-order valence-corrected chi connectivity index (χ1v) is 12.8. The molecular weight excluding hydrogens is 458 g/mol. The van der Waals surface area contributed by atoms with Gasteiger partial charge in [-0.2, -0.15) is 4.31 Å². The number of hydrogen-bond acceptors (Lipinski definition) is 6. The van der Waals surface area contributed by atoms with Crippen LogP contribution >= 0.6 is 11.3 Å². The smallest absolute Gasteiger partial charge is 0.250 e. The average Bonchev–Trinajstić information content (AvgIpc) is 3.28. The van der Waals surface area contributed by atoms with Gasteiger partial charge in [0.15, 0.2) is 5.13 Å². The Bertz CT molecular complexity index is 1280. The number of aromatic nitrogens is 1. The van der Waals surface area contributed by atoms with Crippen molar-refractivity contribution in [3.63, 3.8) is 0 Å². The van der Waals surface area contributed by atoms with E-state index in [0.29, 0.717) is 31.4 Å². The Hall–Kier alpha value is -2.85. The molecule has 0 aliphatic carbocycles. The zero-order valence-corrected chi connectivity index (χ0v) is 20.1. The molecule has 0 spiro atoms. The van der Waals surface area contributed by atoms with Crippen LogP contribution in [-0.2, 0) is 19.6 Å². The van der Waals surface area contributed by atoms with Crippen molar-refractivity contribution in [1.82, 2.24) is 9.29 Å². The van der Waals surface area contributed by atoms with Gasteiger partial charge in [-0.25, -0.2) is 13.4 Å². The lowest BCUT2D eigenvalue weighted by Crippen LogP contribution is -2.40. The molecular formula is C24H25N3O4S2. The van der Waals surface area contributed by atoms with E-state index in [1.165, 1.54) is 21.7 Å². The van der Waals surface area contributed by atoms with Gasteiger partial charge in [0, 0.05) is 30.1 Å². The number of nitrogens with zero attached hydrogens (tertiary/aromatic N) is 2. The van der Waals surface area contributed by atoms with Crippen molar-refractivity contribution in [2.45, 2.75) is 18.7 Å². The molecule has 4 rings (SSSR count). The number of ether oxygens (including phenoxy) is 1. The second kappa shape index (κ2) is 9.96.